The minimum atomic E-state index is -0.947. The van der Waals surface area contributed by atoms with Crippen LogP contribution in [0.2, 0.25) is 0 Å². The highest BCUT2D eigenvalue weighted by Crippen LogP contribution is 2.37. The van der Waals surface area contributed by atoms with Gasteiger partial charge in [-0.1, -0.05) is 6.42 Å². The van der Waals surface area contributed by atoms with Crippen LogP contribution in [0.4, 0.5) is 8.78 Å². The normalized spacial score (nSPS) is 23.9. The number of aromatic nitrogens is 1. The van der Waals surface area contributed by atoms with Gasteiger partial charge in [0.25, 0.3) is 0 Å². The first-order chi connectivity index (χ1) is 15.0. The molecule has 1 saturated carbocycles. The average Bonchev–Trinajstić information content (AvgIpc) is 3.16. The SMILES string of the molecule is CC(=O)N1CCc2nc(-c3ccc(OC4CC(N5CCCCC5)C4)c(F)c3F)sc2C1. The third kappa shape index (κ3) is 4.07. The van der Waals surface area contributed by atoms with Crippen LogP contribution in [0.5, 0.6) is 5.75 Å². The number of carbonyl (C=O) groups is 1. The van der Waals surface area contributed by atoms with Crippen LogP contribution >= 0.6 is 11.3 Å². The van der Waals surface area contributed by atoms with Gasteiger partial charge in [-0.2, -0.15) is 4.39 Å². The van der Waals surface area contributed by atoms with Gasteiger partial charge in [-0.25, -0.2) is 9.37 Å². The fourth-order valence-corrected chi connectivity index (χ4v) is 5.91. The van der Waals surface area contributed by atoms with E-state index in [2.05, 4.69) is 9.88 Å². The van der Waals surface area contributed by atoms with Crippen molar-refractivity contribution in [3.05, 3.63) is 34.3 Å². The number of rotatable bonds is 4. The Kier molecular flexibility index (Phi) is 5.69. The van der Waals surface area contributed by atoms with E-state index in [0.29, 0.717) is 30.6 Å². The standard InChI is InChI=1S/C23H27F2N3O2S/c1-14(29)28-10-7-18-20(13-28)31-23(26-18)17-5-6-19(22(25)21(17)24)30-16-11-15(12-16)27-8-3-2-4-9-27/h5-6,15-16H,2-4,7-13H2,1H3. The zero-order chi connectivity index (χ0) is 21.5. The first-order valence-corrected chi connectivity index (χ1v) is 11.9. The van der Waals surface area contributed by atoms with Crippen LogP contribution in [0.25, 0.3) is 10.6 Å². The van der Waals surface area contributed by atoms with Gasteiger partial charge >= 0.3 is 0 Å². The maximum Gasteiger partial charge on any atom is 0.219 e. The Hall–Kier alpha value is -2.06. The second kappa shape index (κ2) is 8.47. The van der Waals surface area contributed by atoms with E-state index < -0.39 is 11.6 Å². The molecule has 5 nitrogen and oxygen atoms in total. The van der Waals surface area contributed by atoms with Gasteiger partial charge in [0, 0.05) is 49.2 Å². The quantitative estimate of drug-likeness (QED) is 0.698. The van der Waals surface area contributed by atoms with Crippen LogP contribution in [-0.4, -0.2) is 52.5 Å². The molecule has 2 aliphatic heterocycles. The lowest BCUT2D eigenvalue weighted by molar-refractivity contribution is -0.129. The van der Waals surface area contributed by atoms with Crippen molar-refractivity contribution in [2.45, 2.75) is 64.1 Å². The fourth-order valence-electron chi connectivity index (χ4n) is 4.76. The summed E-state index contributed by atoms with van der Waals surface area (Å²) in [5, 5.41) is 0.451. The van der Waals surface area contributed by atoms with E-state index >= 15 is 0 Å². The molecule has 1 aliphatic carbocycles. The summed E-state index contributed by atoms with van der Waals surface area (Å²) in [5.74, 6) is -1.87. The molecule has 0 radical (unpaired) electrons. The van der Waals surface area contributed by atoms with Crippen molar-refractivity contribution in [1.29, 1.82) is 0 Å². The largest absolute Gasteiger partial charge is 0.487 e. The van der Waals surface area contributed by atoms with Crippen molar-refractivity contribution in [2.24, 2.45) is 0 Å². The number of thiazole rings is 1. The summed E-state index contributed by atoms with van der Waals surface area (Å²) < 4.78 is 35.5. The first kappa shape index (κ1) is 20.8. The second-order valence-corrected chi connectivity index (χ2v) is 9.86. The Morgan fingerprint density at radius 3 is 2.65 bits per heavy atom. The molecule has 2 aromatic rings. The number of piperidine rings is 1. The van der Waals surface area contributed by atoms with Gasteiger partial charge in [-0.05, 0) is 38.1 Å². The molecule has 1 amide bonds. The van der Waals surface area contributed by atoms with Crippen LogP contribution in [0.1, 0.15) is 49.6 Å². The number of halogens is 2. The van der Waals surface area contributed by atoms with E-state index in [4.69, 9.17) is 4.74 Å². The number of hydrogen-bond acceptors (Lipinski definition) is 5. The van der Waals surface area contributed by atoms with Gasteiger partial charge < -0.3 is 14.5 Å². The van der Waals surface area contributed by atoms with E-state index in [9.17, 15) is 13.6 Å². The van der Waals surface area contributed by atoms with Crippen LogP contribution in [0.15, 0.2) is 12.1 Å². The van der Waals surface area contributed by atoms with Crippen molar-refractivity contribution >= 4 is 17.2 Å². The van der Waals surface area contributed by atoms with Crippen molar-refractivity contribution in [2.75, 3.05) is 19.6 Å². The number of likely N-dealkylation sites (tertiary alicyclic amines) is 1. The average molecular weight is 448 g/mol. The van der Waals surface area contributed by atoms with Gasteiger partial charge in [-0.3, -0.25) is 4.79 Å². The van der Waals surface area contributed by atoms with Crippen molar-refractivity contribution in [1.82, 2.24) is 14.8 Å². The maximum absolute atomic E-state index is 14.9. The lowest BCUT2D eigenvalue weighted by atomic mass is 9.86. The third-order valence-electron chi connectivity index (χ3n) is 6.72. The summed E-state index contributed by atoms with van der Waals surface area (Å²) in [7, 11) is 0. The number of amides is 1. The Labute approximate surface area is 185 Å². The topological polar surface area (TPSA) is 45.7 Å². The zero-order valence-electron chi connectivity index (χ0n) is 17.7. The highest BCUT2D eigenvalue weighted by atomic mass is 32.1. The van der Waals surface area contributed by atoms with Gasteiger partial charge in [-0.15, -0.1) is 11.3 Å². The highest BCUT2D eigenvalue weighted by Gasteiger charge is 2.36. The zero-order valence-corrected chi connectivity index (χ0v) is 18.5. The molecule has 166 valence electrons. The van der Waals surface area contributed by atoms with E-state index in [-0.39, 0.29) is 23.3 Å². The molecule has 3 aliphatic rings. The third-order valence-corrected chi connectivity index (χ3v) is 7.84. The molecular formula is C23H27F2N3O2S. The van der Waals surface area contributed by atoms with Gasteiger partial charge in [0.2, 0.25) is 11.7 Å². The van der Waals surface area contributed by atoms with Crippen LogP contribution < -0.4 is 4.74 Å². The summed E-state index contributed by atoms with van der Waals surface area (Å²) in [5.41, 5.74) is 1.02. The lowest BCUT2D eigenvalue weighted by Crippen LogP contribution is -2.50. The lowest BCUT2D eigenvalue weighted by Gasteiger charge is -2.44. The molecule has 8 heteroatoms. The molecule has 0 spiro atoms. The smallest absolute Gasteiger partial charge is 0.219 e. The molecule has 2 fully saturated rings. The van der Waals surface area contributed by atoms with E-state index in [1.165, 1.54) is 43.6 Å². The molecule has 0 N–H and O–H groups in total. The summed E-state index contributed by atoms with van der Waals surface area (Å²) in [4.78, 5) is 21.3. The Bertz CT molecular complexity index is 983. The van der Waals surface area contributed by atoms with Gasteiger partial charge in [0.1, 0.15) is 11.1 Å². The second-order valence-electron chi connectivity index (χ2n) is 8.78. The molecule has 0 unspecified atom stereocenters. The van der Waals surface area contributed by atoms with E-state index in [1.807, 2.05) is 0 Å². The number of fused-ring (bicyclic) bond motifs is 1. The minimum absolute atomic E-state index is 0.0119. The number of hydrogen-bond donors (Lipinski definition) is 0. The van der Waals surface area contributed by atoms with E-state index in [1.54, 1.807) is 11.0 Å². The van der Waals surface area contributed by atoms with E-state index in [0.717, 1.165) is 36.5 Å². The molecule has 0 bridgehead atoms. The molecule has 1 saturated heterocycles. The molecule has 0 atom stereocenters. The number of ether oxygens (including phenoxy) is 1. The summed E-state index contributed by atoms with van der Waals surface area (Å²) in [6, 6.07) is 3.58. The predicted octanol–water partition coefficient (Wildman–Crippen LogP) is 4.39. The van der Waals surface area contributed by atoms with Crippen molar-refractivity contribution < 1.29 is 18.3 Å². The Balaban J connectivity index is 1.27. The predicted molar refractivity (Wildman–Crippen MR) is 115 cm³/mol. The molecule has 5 rings (SSSR count). The summed E-state index contributed by atoms with van der Waals surface area (Å²) in [6.07, 6.45) is 6.11. The molecule has 3 heterocycles. The highest BCUT2D eigenvalue weighted by molar-refractivity contribution is 7.15. The summed E-state index contributed by atoms with van der Waals surface area (Å²) in [6.45, 7) is 4.90. The maximum atomic E-state index is 14.9. The number of nitrogens with zero attached hydrogens (tertiary/aromatic N) is 3. The van der Waals surface area contributed by atoms with Crippen LogP contribution in [0.3, 0.4) is 0 Å². The Morgan fingerprint density at radius 2 is 1.90 bits per heavy atom. The number of carbonyl (C=O) groups excluding carboxylic acids is 1. The van der Waals surface area contributed by atoms with Crippen molar-refractivity contribution in [3.8, 4) is 16.3 Å². The van der Waals surface area contributed by atoms with Gasteiger partial charge in [0.15, 0.2) is 11.6 Å². The fraction of sp³-hybridized carbons (Fsp3) is 0.565. The first-order valence-electron chi connectivity index (χ1n) is 11.1. The molecule has 31 heavy (non-hydrogen) atoms. The number of benzene rings is 1. The van der Waals surface area contributed by atoms with Crippen molar-refractivity contribution in [3.63, 3.8) is 0 Å². The van der Waals surface area contributed by atoms with Crippen LogP contribution in [0, 0.1) is 11.6 Å². The van der Waals surface area contributed by atoms with Gasteiger partial charge in [0.05, 0.1) is 12.2 Å². The molecule has 1 aromatic carbocycles. The monoisotopic (exact) mass is 447 g/mol. The molecular weight excluding hydrogens is 420 g/mol. The minimum Gasteiger partial charge on any atom is -0.487 e. The summed E-state index contributed by atoms with van der Waals surface area (Å²) >= 11 is 1.33. The van der Waals surface area contributed by atoms with Crippen LogP contribution in [-0.2, 0) is 17.8 Å². The molecule has 1 aromatic heterocycles. The Morgan fingerprint density at radius 1 is 1.13 bits per heavy atom.